The predicted molar refractivity (Wildman–Crippen MR) is 165 cm³/mol. The van der Waals surface area contributed by atoms with Crippen LogP contribution in [0.4, 0.5) is 5.69 Å². The van der Waals surface area contributed by atoms with E-state index in [0.29, 0.717) is 6.42 Å². The van der Waals surface area contributed by atoms with Gasteiger partial charge in [-0.1, -0.05) is 95.5 Å². The van der Waals surface area contributed by atoms with Crippen molar-refractivity contribution in [2.75, 3.05) is 6.61 Å². The van der Waals surface area contributed by atoms with E-state index < -0.39 is 23.3 Å². The fourth-order valence-electron chi connectivity index (χ4n) is 4.64. The van der Waals surface area contributed by atoms with Gasteiger partial charge in [0.25, 0.3) is 15.7 Å². The molecule has 0 aromatic heterocycles. The van der Waals surface area contributed by atoms with Crippen molar-refractivity contribution >= 4 is 24.0 Å². The Hall–Kier alpha value is -2.67. The Morgan fingerprint density at radius 2 is 1.43 bits per heavy atom. The van der Waals surface area contributed by atoms with E-state index in [1.54, 1.807) is 0 Å². The molecular formula is C31H46N2O5SSi. The van der Waals surface area contributed by atoms with Crippen LogP contribution in [-0.2, 0) is 21.0 Å². The summed E-state index contributed by atoms with van der Waals surface area (Å²) in [5.74, 6) is 3.06. The molecule has 0 radical (unpaired) electrons. The van der Waals surface area contributed by atoms with Crippen LogP contribution in [-0.4, -0.2) is 32.6 Å². The standard InChI is InChI=1S/C31H46N2O5SSi/c1-4-7-25-40(26-8-5-2,27-9-6-3)38-24-16-11-10-15-23-32(28-29-17-13-12-14-18-29)39(36,37)31-21-19-30(20-22-31)33(34)35/h12-14,17-22H,4-11,16,24-28H2,1-3H3. The lowest BCUT2D eigenvalue weighted by molar-refractivity contribution is -0.384. The number of nitro groups is 1. The van der Waals surface area contributed by atoms with Crippen molar-refractivity contribution in [2.45, 2.75) is 108 Å². The highest BCUT2D eigenvalue weighted by Crippen LogP contribution is 2.30. The van der Waals surface area contributed by atoms with Gasteiger partial charge in [-0.05, 0) is 48.7 Å². The molecule has 0 saturated carbocycles. The average molecular weight is 587 g/mol. The molecule has 40 heavy (non-hydrogen) atoms. The maximum Gasteiger partial charge on any atom is 0.271 e. The van der Waals surface area contributed by atoms with Crippen LogP contribution in [0.3, 0.4) is 0 Å². The minimum atomic E-state index is -3.97. The normalized spacial score (nSPS) is 11.6. The molecule has 0 bridgehead atoms. The first-order valence-electron chi connectivity index (χ1n) is 14.7. The number of non-ortho nitro benzene ring substituents is 1. The van der Waals surface area contributed by atoms with Gasteiger partial charge in [-0.3, -0.25) is 10.1 Å². The second-order valence-electron chi connectivity index (χ2n) is 10.3. The van der Waals surface area contributed by atoms with Crippen LogP contribution in [0.1, 0.15) is 84.1 Å². The Labute approximate surface area is 242 Å². The third-order valence-corrected chi connectivity index (χ3v) is 13.3. The first-order valence-corrected chi connectivity index (χ1v) is 18.7. The summed E-state index contributed by atoms with van der Waals surface area (Å²) in [5, 5.41) is 11.0. The molecule has 0 saturated heterocycles. The number of nitro benzene ring substituents is 1. The number of sulfonamides is 1. The van der Waals surface area contributed by atoms with E-state index >= 15 is 0 Å². The van der Waals surface area contributed by atoms with Crippen LogP contribution in [0.2, 0.25) is 18.1 Å². The van der Waals surface area contributed by atoms with E-state index in [-0.39, 0.29) is 17.1 Å². The van der Waals surface area contributed by atoms with Crippen molar-refractivity contribution in [3.63, 3.8) is 0 Å². The molecule has 0 fully saturated rings. The van der Waals surface area contributed by atoms with Crippen molar-refractivity contribution in [1.82, 2.24) is 4.31 Å². The van der Waals surface area contributed by atoms with E-state index in [1.165, 1.54) is 80.9 Å². The Balaban J connectivity index is 2.06. The molecule has 220 valence electrons. The summed E-state index contributed by atoms with van der Waals surface area (Å²) in [5.41, 5.74) is 0.649. The predicted octanol–water partition coefficient (Wildman–Crippen LogP) is 8.28. The summed E-state index contributed by atoms with van der Waals surface area (Å²) in [4.78, 5) is 10.4. The average Bonchev–Trinajstić information content (AvgIpc) is 2.97. The highest BCUT2D eigenvalue weighted by atomic mass is 32.2. The largest absolute Gasteiger partial charge is 0.417 e. The Bertz CT molecular complexity index is 1160. The number of rotatable bonds is 19. The van der Waals surface area contributed by atoms with Crippen LogP contribution < -0.4 is 0 Å². The maximum absolute atomic E-state index is 13.4. The van der Waals surface area contributed by atoms with Gasteiger partial charge >= 0.3 is 0 Å². The van der Waals surface area contributed by atoms with Crippen molar-refractivity contribution in [2.24, 2.45) is 0 Å². The first kappa shape index (κ1) is 33.5. The van der Waals surface area contributed by atoms with E-state index in [0.717, 1.165) is 29.3 Å². The number of nitrogens with zero attached hydrogens (tertiary/aromatic N) is 2. The van der Waals surface area contributed by atoms with Crippen molar-refractivity contribution in [3.8, 4) is 12.0 Å². The fourth-order valence-corrected chi connectivity index (χ4v) is 10.6. The third kappa shape index (κ3) is 11.1. The molecule has 9 heteroatoms. The quantitative estimate of drug-likeness (QED) is 0.0413. The van der Waals surface area contributed by atoms with Crippen molar-refractivity contribution in [1.29, 1.82) is 0 Å². The van der Waals surface area contributed by atoms with E-state index in [2.05, 4.69) is 32.7 Å². The zero-order valence-electron chi connectivity index (χ0n) is 24.4. The maximum atomic E-state index is 13.4. The SMILES string of the molecule is CCCC[Si](CCCC)(CCCC)OCCCCC#CN(Cc1ccccc1)S(=O)(=O)c1ccc([N+](=O)[O-])cc1. The van der Waals surface area contributed by atoms with Crippen LogP contribution in [0, 0.1) is 22.1 Å². The van der Waals surface area contributed by atoms with E-state index in [9.17, 15) is 18.5 Å². The number of unbranched alkanes of at least 4 members (excludes halogenated alkanes) is 5. The number of benzene rings is 2. The van der Waals surface area contributed by atoms with Gasteiger partial charge in [0.1, 0.15) is 0 Å². The van der Waals surface area contributed by atoms with Gasteiger partial charge in [0.05, 0.1) is 16.4 Å². The van der Waals surface area contributed by atoms with Gasteiger partial charge in [0, 0.05) is 31.2 Å². The molecule has 0 atom stereocenters. The molecule has 0 N–H and O–H groups in total. The van der Waals surface area contributed by atoms with Gasteiger partial charge < -0.3 is 4.43 Å². The molecular weight excluding hydrogens is 541 g/mol. The van der Waals surface area contributed by atoms with Gasteiger partial charge in [-0.25, -0.2) is 12.7 Å². The highest BCUT2D eigenvalue weighted by molar-refractivity contribution is 7.89. The lowest BCUT2D eigenvalue weighted by atomic mass is 10.2. The zero-order chi connectivity index (χ0) is 29.3. The van der Waals surface area contributed by atoms with Gasteiger partial charge in [-0.15, -0.1) is 0 Å². The summed E-state index contributed by atoms with van der Waals surface area (Å²) in [6.45, 7) is 7.59. The van der Waals surface area contributed by atoms with Crippen LogP contribution in [0.5, 0.6) is 0 Å². The minimum absolute atomic E-state index is 0.0238. The van der Waals surface area contributed by atoms with Crippen LogP contribution in [0.25, 0.3) is 0 Å². The molecule has 0 unspecified atom stereocenters. The molecule has 0 heterocycles. The lowest BCUT2D eigenvalue weighted by Crippen LogP contribution is -2.38. The highest BCUT2D eigenvalue weighted by Gasteiger charge is 2.32. The molecule has 7 nitrogen and oxygen atoms in total. The molecule has 0 aliphatic heterocycles. The summed E-state index contributed by atoms with van der Waals surface area (Å²) in [6, 6.07) is 20.8. The number of hydrogen-bond acceptors (Lipinski definition) is 5. The van der Waals surface area contributed by atoms with Crippen molar-refractivity contribution < 1.29 is 17.8 Å². The molecule has 0 aliphatic rings. The second kappa shape index (κ2) is 17.9. The van der Waals surface area contributed by atoms with E-state index in [1.807, 2.05) is 30.3 Å². The van der Waals surface area contributed by atoms with Gasteiger partial charge in [-0.2, -0.15) is 0 Å². The number of hydrogen-bond donors (Lipinski definition) is 0. The Kier molecular flexibility index (Phi) is 15.0. The molecule has 2 aromatic rings. The zero-order valence-corrected chi connectivity index (χ0v) is 26.3. The molecule has 0 amide bonds. The Morgan fingerprint density at radius 1 is 0.850 bits per heavy atom. The smallest absolute Gasteiger partial charge is 0.271 e. The molecule has 2 aromatic carbocycles. The summed E-state index contributed by atoms with van der Waals surface area (Å²) in [7, 11) is -5.69. The molecule has 2 rings (SSSR count). The monoisotopic (exact) mass is 586 g/mol. The summed E-state index contributed by atoms with van der Waals surface area (Å²) >= 11 is 0. The van der Waals surface area contributed by atoms with Crippen LogP contribution in [0.15, 0.2) is 59.5 Å². The van der Waals surface area contributed by atoms with Crippen molar-refractivity contribution in [3.05, 3.63) is 70.3 Å². The van der Waals surface area contributed by atoms with Gasteiger partial charge in [0.2, 0.25) is 0 Å². The van der Waals surface area contributed by atoms with E-state index in [4.69, 9.17) is 4.43 Å². The lowest BCUT2D eigenvalue weighted by Gasteiger charge is -2.32. The molecule has 0 aliphatic carbocycles. The first-order chi connectivity index (χ1) is 19.3. The molecule has 0 spiro atoms. The summed E-state index contributed by atoms with van der Waals surface area (Å²) in [6.07, 6.45) is 9.64. The van der Waals surface area contributed by atoms with Crippen LogP contribution >= 0.6 is 0 Å². The topological polar surface area (TPSA) is 89.8 Å². The third-order valence-electron chi connectivity index (χ3n) is 7.07. The minimum Gasteiger partial charge on any atom is -0.417 e. The Morgan fingerprint density at radius 3 is 1.95 bits per heavy atom. The fraction of sp³-hybridized carbons (Fsp3) is 0.548. The van der Waals surface area contributed by atoms with Gasteiger partial charge in [0.15, 0.2) is 8.32 Å². The summed E-state index contributed by atoms with van der Waals surface area (Å²) < 4.78 is 34.6. The second-order valence-corrected chi connectivity index (χ2v) is 16.4.